The van der Waals surface area contributed by atoms with E-state index in [4.69, 9.17) is 8.92 Å². The normalized spacial score (nSPS) is 36.1. The highest BCUT2D eigenvalue weighted by Crippen LogP contribution is 2.60. The van der Waals surface area contributed by atoms with Crippen molar-refractivity contribution in [1.82, 2.24) is 4.72 Å². The minimum absolute atomic E-state index is 0.252. The Morgan fingerprint density at radius 1 is 1.37 bits per heavy atom. The highest BCUT2D eigenvalue weighted by Gasteiger charge is 2.65. The van der Waals surface area contributed by atoms with E-state index in [9.17, 15) is 8.42 Å². The van der Waals surface area contributed by atoms with E-state index in [1.165, 1.54) is 0 Å². The summed E-state index contributed by atoms with van der Waals surface area (Å²) in [6.45, 7) is 2.32. The third-order valence-corrected chi connectivity index (χ3v) is 5.39. The number of ether oxygens (including phenoxy) is 1. The Labute approximate surface area is 113 Å². The van der Waals surface area contributed by atoms with Crippen LogP contribution in [0.15, 0.2) is 24.3 Å². The standard InChI is InChI=1S/C13H17NO4S/c1-9-12-7-8-18-19(15,16)14-13(9,12)10-3-5-11(17-2)6-4-10/h3-6,9,12,14H,7-8H2,1-2H3/t9-,12-,13-/m1/s1. The Bertz CT molecular complexity index is 583. The second kappa shape index (κ2) is 4.19. The number of nitrogens with one attached hydrogen (secondary N) is 1. The fourth-order valence-electron chi connectivity index (χ4n) is 3.22. The van der Waals surface area contributed by atoms with Crippen LogP contribution in [0.4, 0.5) is 0 Å². The fraction of sp³-hybridized carbons (Fsp3) is 0.538. The van der Waals surface area contributed by atoms with Crippen LogP contribution in [0.3, 0.4) is 0 Å². The summed E-state index contributed by atoms with van der Waals surface area (Å²) < 4.78 is 36.3. The molecule has 0 radical (unpaired) electrons. The van der Waals surface area contributed by atoms with E-state index in [1.807, 2.05) is 24.3 Å². The minimum Gasteiger partial charge on any atom is -0.497 e. The quantitative estimate of drug-likeness (QED) is 0.891. The molecule has 2 aliphatic rings. The van der Waals surface area contributed by atoms with Crippen molar-refractivity contribution in [3.63, 3.8) is 0 Å². The molecule has 1 aliphatic carbocycles. The van der Waals surface area contributed by atoms with Crippen LogP contribution >= 0.6 is 0 Å². The van der Waals surface area contributed by atoms with Crippen molar-refractivity contribution in [3.8, 4) is 5.75 Å². The summed E-state index contributed by atoms with van der Waals surface area (Å²) >= 11 is 0. The second-order valence-corrected chi connectivity index (χ2v) is 6.51. The van der Waals surface area contributed by atoms with Crippen LogP contribution in [-0.2, 0) is 20.0 Å². The molecule has 104 valence electrons. The van der Waals surface area contributed by atoms with E-state index in [2.05, 4.69) is 11.6 Å². The number of fused-ring (bicyclic) bond motifs is 1. The summed E-state index contributed by atoms with van der Waals surface area (Å²) in [5.74, 6) is 1.33. The molecule has 6 heteroatoms. The van der Waals surface area contributed by atoms with E-state index >= 15 is 0 Å². The molecule has 1 N–H and O–H groups in total. The highest BCUT2D eigenvalue weighted by molar-refractivity contribution is 7.84. The number of methoxy groups -OCH3 is 1. The van der Waals surface area contributed by atoms with Gasteiger partial charge < -0.3 is 4.74 Å². The minimum atomic E-state index is -3.66. The molecule has 3 rings (SSSR count). The maximum atomic E-state index is 11.8. The molecule has 0 unspecified atom stereocenters. The van der Waals surface area contributed by atoms with Gasteiger partial charge in [0.05, 0.1) is 19.3 Å². The average Bonchev–Trinajstić information content (AvgIpc) is 2.98. The first kappa shape index (κ1) is 12.9. The molecule has 0 amide bonds. The topological polar surface area (TPSA) is 64.6 Å². The van der Waals surface area contributed by atoms with Gasteiger partial charge in [-0.05, 0) is 36.0 Å². The summed E-state index contributed by atoms with van der Waals surface area (Å²) in [5.41, 5.74) is 0.460. The zero-order valence-corrected chi connectivity index (χ0v) is 11.7. The molecule has 1 saturated heterocycles. The molecule has 1 aliphatic heterocycles. The van der Waals surface area contributed by atoms with Crippen LogP contribution < -0.4 is 9.46 Å². The van der Waals surface area contributed by atoms with Crippen molar-refractivity contribution in [2.24, 2.45) is 11.8 Å². The molecule has 0 bridgehead atoms. The third-order valence-electron chi connectivity index (χ3n) is 4.33. The first-order chi connectivity index (χ1) is 8.99. The molecular weight excluding hydrogens is 266 g/mol. The maximum absolute atomic E-state index is 11.8. The zero-order chi connectivity index (χ0) is 13.7. The fourth-order valence-corrected chi connectivity index (χ4v) is 4.46. The smallest absolute Gasteiger partial charge is 0.336 e. The lowest BCUT2D eigenvalue weighted by molar-refractivity contribution is 0.304. The molecule has 1 aromatic rings. The predicted molar refractivity (Wildman–Crippen MR) is 70.0 cm³/mol. The first-order valence-electron chi connectivity index (χ1n) is 6.32. The monoisotopic (exact) mass is 283 g/mol. The van der Waals surface area contributed by atoms with Crippen molar-refractivity contribution >= 4 is 10.3 Å². The Balaban J connectivity index is 2.00. The molecule has 2 fully saturated rings. The molecule has 5 nitrogen and oxygen atoms in total. The Hall–Kier alpha value is -1.11. The molecule has 1 heterocycles. The molecule has 3 atom stereocenters. The predicted octanol–water partition coefficient (Wildman–Crippen LogP) is 1.41. The average molecular weight is 283 g/mol. The van der Waals surface area contributed by atoms with Gasteiger partial charge in [-0.25, -0.2) is 0 Å². The SMILES string of the molecule is COc1ccc([C@@]23NS(=O)(=O)OCC[C@@H]2[C@H]3C)cc1. The summed E-state index contributed by atoms with van der Waals surface area (Å²) in [4.78, 5) is 0. The van der Waals surface area contributed by atoms with E-state index in [0.717, 1.165) is 17.7 Å². The van der Waals surface area contributed by atoms with Gasteiger partial charge in [-0.2, -0.15) is 13.1 Å². The van der Waals surface area contributed by atoms with Gasteiger partial charge in [-0.3, -0.25) is 4.18 Å². The van der Waals surface area contributed by atoms with Crippen LogP contribution in [0.2, 0.25) is 0 Å². The molecule has 1 aromatic carbocycles. The van der Waals surface area contributed by atoms with E-state index < -0.39 is 15.8 Å². The van der Waals surface area contributed by atoms with Crippen molar-refractivity contribution < 1.29 is 17.3 Å². The Morgan fingerprint density at radius 2 is 2.05 bits per heavy atom. The molecule has 0 spiro atoms. The van der Waals surface area contributed by atoms with Crippen molar-refractivity contribution in [1.29, 1.82) is 0 Å². The number of hydrogen-bond donors (Lipinski definition) is 1. The number of rotatable bonds is 2. The zero-order valence-electron chi connectivity index (χ0n) is 10.9. The number of hydrogen-bond acceptors (Lipinski definition) is 4. The van der Waals surface area contributed by atoms with Crippen molar-refractivity contribution in [2.45, 2.75) is 18.9 Å². The molecular formula is C13H17NO4S. The lowest BCUT2D eigenvalue weighted by Crippen LogP contribution is -2.37. The van der Waals surface area contributed by atoms with Crippen LogP contribution in [0, 0.1) is 11.8 Å². The van der Waals surface area contributed by atoms with E-state index in [1.54, 1.807) is 7.11 Å². The van der Waals surface area contributed by atoms with E-state index in [-0.39, 0.29) is 18.4 Å². The first-order valence-corrected chi connectivity index (χ1v) is 7.73. The summed E-state index contributed by atoms with van der Waals surface area (Å²) in [7, 11) is -2.05. The second-order valence-electron chi connectivity index (χ2n) is 5.16. The van der Waals surface area contributed by atoms with Gasteiger partial charge >= 0.3 is 10.3 Å². The largest absolute Gasteiger partial charge is 0.497 e. The molecule has 19 heavy (non-hydrogen) atoms. The maximum Gasteiger partial charge on any atom is 0.336 e. The highest BCUT2D eigenvalue weighted by atomic mass is 32.2. The Morgan fingerprint density at radius 3 is 2.68 bits per heavy atom. The summed E-state index contributed by atoms with van der Waals surface area (Å²) in [6, 6.07) is 7.55. The third kappa shape index (κ3) is 1.94. The van der Waals surface area contributed by atoms with Crippen LogP contribution in [-0.4, -0.2) is 22.1 Å². The lowest BCUT2D eigenvalue weighted by Gasteiger charge is -2.18. The van der Waals surface area contributed by atoms with Gasteiger partial charge in [-0.15, -0.1) is 0 Å². The van der Waals surface area contributed by atoms with Gasteiger partial charge in [0.2, 0.25) is 0 Å². The van der Waals surface area contributed by atoms with Crippen LogP contribution in [0.5, 0.6) is 5.75 Å². The van der Waals surface area contributed by atoms with E-state index in [0.29, 0.717) is 0 Å². The Kier molecular flexibility index (Phi) is 2.85. The molecule has 1 saturated carbocycles. The van der Waals surface area contributed by atoms with Gasteiger partial charge in [0.15, 0.2) is 0 Å². The van der Waals surface area contributed by atoms with Crippen molar-refractivity contribution in [3.05, 3.63) is 29.8 Å². The van der Waals surface area contributed by atoms with Crippen molar-refractivity contribution in [2.75, 3.05) is 13.7 Å². The number of benzene rings is 1. The van der Waals surface area contributed by atoms with Gasteiger partial charge in [0, 0.05) is 0 Å². The van der Waals surface area contributed by atoms with Crippen LogP contribution in [0.25, 0.3) is 0 Å². The van der Waals surface area contributed by atoms with Crippen LogP contribution in [0.1, 0.15) is 18.9 Å². The summed E-state index contributed by atoms with van der Waals surface area (Å²) in [5, 5.41) is 0. The summed E-state index contributed by atoms with van der Waals surface area (Å²) in [6.07, 6.45) is 0.749. The van der Waals surface area contributed by atoms with Gasteiger partial charge in [0.25, 0.3) is 0 Å². The van der Waals surface area contributed by atoms with Gasteiger partial charge in [0.1, 0.15) is 5.75 Å². The molecule has 0 aromatic heterocycles. The van der Waals surface area contributed by atoms with Gasteiger partial charge in [-0.1, -0.05) is 19.1 Å². The lowest BCUT2D eigenvalue weighted by atomic mass is 10.0.